The highest BCUT2D eigenvalue weighted by atomic mass is 32.1. The minimum absolute atomic E-state index is 0.333. The Morgan fingerprint density at radius 3 is 2.70 bits per heavy atom. The van der Waals surface area contributed by atoms with Crippen LogP contribution in [0.2, 0.25) is 0 Å². The monoisotopic (exact) mass is 333 g/mol. The molecule has 0 amide bonds. The number of nitrogens with two attached hydrogens (primary N) is 1. The van der Waals surface area contributed by atoms with Crippen molar-refractivity contribution < 1.29 is 9.47 Å². The maximum Gasteiger partial charge on any atom is 0.187 e. The molecule has 1 aromatic rings. The van der Waals surface area contributed by atoms with Crippen LogP contribution in [-0.4, -0.2) is 36.6 Å². The van der Waals surface area contributed by atoms with Crippen molar-refractivity contribution in [2.24, 2.45) is 22.7 Å². The molecule has 2 bridgehead atoms. The summed E-state index contributed by atoms with van der Waals surface area (Å²) in [4.78, 5) is 0. The number of hydrazone groups is 1. The summed E-state index contributed by atoms with van der Waals surface area (Å²) >= 11 is 5.23. The first-order valence-corrected chi connectivity index (χ1v) is 8.38. The van der Waals surface area contributed by atoms with E-state index in [0.29, 0.717) is 28.6 Å². The largest absolute Gasteiger partial charge is 0.493 e. The Labute approximate surface area is 142 Å². The van der Waals surface area contributed by atoms with Crippen LogP contribution in [-0.2, 0) is 0 Å². The van der Waals surface area contributed by atoms with Gasteiger partial charge >= 0.3 is 0 Å². The lowest BCUT2D eigenvalue weighted by atomic mass is 9.95. The Morgan fingerprint density at radius 1 is 1.30 bits per heavy atom. The smallest absolute Gasteiger partial charge is 0.187 e. The van der Waals surface area contributed by atoms with Gasteiger partial charge in [-0.25, -0.2) is 5.01 Å². The fourth-order valence-electron chi connectivity index (χ4n) is 3.95. The molecule has 3 unspecified atom stereocenters. The van der Waals surface area contributed by atoms with E-state index >= 15 is 0 Å². The van der Waals surface area contributed by atoms with E-state index in [1.807, 2.05) is 23.2 Å². The number of thiocarbonyl (C=S) groups is 1. The molecule has 0 aliphatic heterocycles. The van der Waals surface area contributed by atoms with Crippen molar-refractivity contribution in [2.45, 2.75) is 31.7 Å². The van der Waals surface area contributed by atoms with Gasteiger partial charge in [0.2, 0.25) is 0 Å². The number of hydrogen-bond acceptors (Lipinski definition) is 4. The van der Waals surface area contributed by atoms with Crippen molar-refractivity contribution in [3.63, 3.8) is 0 Å². The summed E-state index contributed by atoms with van der Waals surface area (Å²) in [7, 11) is 3.24. The normalized spacial score (nSPS) is 25.7. The van der Waals surface area contributed by atoms with E-state index in [2.05, 4.69) is 5.10 Å². The number of methoxy groups -OCH3 is 2. The van der Waals surface area contributed by atoms with Gasteiger partial charge in [-0.15, -0.1) is 0 Å². The minimum atomic E-state index is 0.333. The fourth-order valence-corrected chi connectivity index (χ4v) is 4.14. The number of fused-ring (bicyclic) bond motifs is 2. The highest BCUT2D eigenvalue weighted by Crippen LogP contribution is 2.46. The van der Waals surface area contributed by atoms with Crippen LogP contribution >= 0.6 is 12.2 Å². The number of para-hydroxylation sites is 1. The van der Waals surface area contributed by atoms with Crippen molar-refractivity contribution in [3.05, 3.63) is 23.8 Å². The number of benzene rings is 1. The van der Waals surface area contributed by atoms with Crippen molar-refractivity contribution in [2.75, 3.05) is 14.2 Å². The SMILES string of the molecule is COc1cccc(/C=N\N(C(N)=S)C2CC3CCC2C3)c1OC. The Hall–Kier alpha value is -1.82. The average Bonchev–Trinajstić information content (AvgIpc) is 3.17. The second-order valence-electron chi connectivity index (χ2n) is 6.25. The molecular formula is C17H23N3O2S. The third-order valence-electron chi connectivity index (χ3n) is 5.00. The van der Waals surface area contributed by atoms with Crippen LogP contribution in [0.5, 0.6) is 11.5 Å². The molecular weight excluding hydrogens is 310 g/mol. The van der Waals surface area contributed by atoms with Crippen LogP contribution in [0.1, 0.15) is 31.2 Å². The van der Waals surface area contributed by atoms with Gasteiger partial charge in [-0.3, -0.25) is 0 Å². The highest BCUT2D eigenvalue weighted by molar-refractivity contribution is 7.80. The Bertz CT molecular complexity index is 620. The lowest BCUT2D eigenvalue weighted by molar-refractivity contribution is 0.235. The fraction of sp³-hybridized carbons (Fsp3) is 0.529. The van der Waals surface area contributed by atoms with E-state index in [1.54, 1.807) is 20.4 Å². The molecule has 2 fully saturated rings. The first-order valence-electron chi connectivity index (χ1n) is 7.97. The van der Waals surface area contributed by atoms with Crippen LogP contribution in [0.4, 0.5) is 0 Å². The number of ether oxygens (including phenoxy) is 2. The molecule has 2 aliphatic carbocycles. The molecule has 0 spiro atoms. The van der Waals surface area contributed by atoms with Gasteiger partial charge in [0.25, 0.3) is 0 Å². The summed E-state index contributed by atoms with van der Waals surface area (Å²) in [6.45, 7) is 0. The van der Waals surface area contributed by atoms with Crippen LogP contribution < -0.4 is 15.2 Å². The van der Waals surface area contributed by atoms with Crippen molar-refractivity contribution >= 4 is 23.5 Å². The van der Waals surface area contributed by atoms with Crippen LogP contribution in [0, 0.1) is 11.8 Å². The average molecular weight is 333 g/mol. The topological polar surface area (TPSA) is 60.1 Å². The highest BCUT2D eigenvalue weighted by Gasteiger charge is 2.43. The molecule has 2 saturated carbocycles. The van der Waals surface area contributed by atoms with E-state index in [9.17, 15) is 0 Å². The third-order valence-corrected chi connectivity index (χ3v) is 5.18. The summed E-state index contributed by atoms with van der Waals surface area (Å²) < 4.78 is 10.8. The maximum atomic E-state index is 5.93. The van der Waals surface area contributed by atoms with Crippen LogP contribution in [0.15, 0.2) is 23.3 Å². The van der Waals surface area contributed by atoms with Gasteiger partial charge in [0.05, 0.1) is 26.5 Å². The van der Waals surface area contributed by atoms with Gasteiger partial charge in [-0.2, -0.15) is 5.10 Å². The van der Waals surface area contributed by atoms with Gasteiger partial charge in [-0.1, -0.05) is 12.5 Å². The quantitative estimate of drug-likeness (QED) is 0.510. The zero-order valence-electron chi connectivity index (χ0n) is 13.6. The maximum absolute atomic E-state index is 5.93. The second-order valence-corrected chi connectivity index (χ2v) is 6.67. The molecule has 2 N–H and O–H groups in total. The third kappa shape index (κ3) is 3.13. The van der Waals surface area contributed by atoms with Crippen molar-refractivity contribution in [1.82, 2.24) is 5.01 Å². The van der Waals surface area contributed by atoms with E-state index in [1.165, 1.54) is 19.3 Å². The summed E-state index contributed by atoms with van der Waals surface area (Å²) in [5.41, 5.74) is 6.77. The Morgan fingerprint density at radius 2 is 2.13 bits per heavy atom. The van der Waals surface area contributed by atoms with E-state index in [4.69, 9.17) is 27.4 Å². The zero-order valence-corrected chi connectivity index (χ0v) is 14.4. The lowest BCUT2D eigenvalue weighted by Gasteiger charge is -2.30. The Balaban J connectivity index is 1.83. The molecule has 5 nitrogen and oxygen atoms in total. The van der Waals surface area contributed by atoms with Gasteiger partial charge < -0.3 is 15.2 Å². The molecule has 6 heteroatoms. The van der Waals surface area contributed by atoms with E-state index in [0.717, 1.165) is 17.9 Å². The van der Waals surface area contributed by atoms with Crippen molar-refractivity contribution in [1.29, 1.82) is 0 Å². The minimum Gasteiger partial charge on any atom is -0.493 e. The molecule has 0 radical (unpaired) electrons. The van der Waals surface area contributed by atoms with Crippen LogP contribution in [0.3, 0.4) is 0 Å². The summed E-state index contributed by atoms with van der Waals surface area (Å²) in [5, 5.41) is 6.74. The van der Waals surface area contributed by atoms with Gasteiger partial charge in [-0.05, 0) is 55.4 Å². The number of rotatable bonds is 5. The van der Waals surface area contributed by atoms with Gasteiger partial charge in [0.15, 0.2) is 16.6 Å². The summed E-state index contributed by atoms with van der Waals surface area (Å²) in [5.74, 6) is 2.81. The second kappa shape index (κ2) is 6.74. The molecule has 0 aromatic heterocycles. The molecule has 23 heavy (non-hydrogen) atoms. The van der Waals surface area contributed by atoms with E-state index < -0.39 is 0 Å². The predicted molar refractivity (Wildman–Crippen MR) is 95.0 cm³/mol. The first-order chi connectivity index (χ1) is 11.1. The molecule has 3 atom stereocenters. The molecule has 124 valence electrons. The molecule has 3 rings (SSSR count). The van der Waals surface area contributed by atoms with Gasteiger partial charge in [0, 0.05) is 5.56 Å². The van der Waals surface area contributed by atoms with E-state index in [-0.39, 0.29) is 0 Å². The standard InChI is InChI=1S/C17H23N3O2S/c1-21-15-5-3-4-13(16(15)22-2)10-19-20(17(18)23)14-9-11-6-7-12(14)8-11/h3-5,10-12,14H,6-9H2,1-2H3,(H2,18,23)/b19-10-. The predicted octanol–water partition coefficient (Wildman–Crippen LogP) is 2.77. The van der Waals surface area contributed by atoms with Crippen LogP contribution in [0.25, 0.3) is 0 Å². The zero-order chi connectivity index (χ0) is 16.4. The molecule has 0 saturated heterocycles. The summed E-state index contributed by atoms with van der Waals surface area (Å²) in [6.07, 6.45) is 6.76. The molecule has 2 aliphatic rings. The molecule has 0 heterocycles. The number of hydrogen-bond donors (Lipinski definition) is 1. The number of nitrogens with zero attached hydrogens (tertiary/aromatic N) is 2. The first kappa shape index (κ1) is 16.1. The van der Waals surface area contributed by atoms with Crippen molar-refractivity contribution in [3.8, 4) is 11.5 Å². The van der Waals surface area contributed by atoms with Gasteiger partial charge in [0.1, 0.15) is 0 Å². The lowest BCUT2D eigenvalue weighted by Crippen LogP contribution is -2.42. The summed E-state index contributed by atoms with van der Waals surface area (Å²) in [6, 6.07) is 6.03. The Kier molecular flexibility index (Phi) is 4.71. The molecule has 1 aromatic carbocycles.